The van der Waals surface area contributed by atoms with Gasteiger partial charge < -0.3 is 9.72 Å². The molecular formula is C11H16F2N2O2. The summed E-state index contributed by atoms with van der Waals surface area (Å²) >= 11 is 0. The standard InChI is InChI=1S/C11H16F2N2O2/c1-3-8-7(2)11(16)15-10(14-8)4-5-17-6-9(12)13/h9H,3-6H2,1-2H3,(H,14,15,16). The van der Waals surface area contributed by atoms with Crippen LogP contribution in [0.15, 0.2) is 4.79 Å². The maximum Gasteiger partial charge on any atom is 0.261 e. The van der Waals surface area contributed by atoms with Crippen molar-refractivity contribution in [1.29, 1.82) is 0 Å². The summed E-state index contributed by atoms with van der Waals surface area (Å²) in [5.41, 5.74) is 1.16. The fourth-order valence-corrected chi connectivity index (χ4v) is 1.43. The van der Waals surface area contributed by atoms with Gasteiger partial charge in [0.15, 0.2) is 0 Å². The smallest absolute Gasteiger partial charge is 0.261 e. The van der Waals surface area contributed by atoms with Crippen LogP contribution in [0, 0.1) is 6.92 Å². The molecule has 1 rings (SSSR count). The van der Waals surface area contributed by atoms with Crippen molar-refractivity contribution >= 4 is 0 Å². The predicted molar refractivity (Wildman–Crippen MR) is 59.5 cm³/mol. The highest BCUT2D eigenvalue weighted by Crippen LogP contribution is 2.01. The largest absolute Gasteiger partial charge is 0.375 e. The average molecular weight is 246 g/mol. The third-order valence-electron chi connectivity index (χ3n) is 2.36. The zero-order valence-electron chi connectivity index (χ0n) is 9.93. The molecule has 96 valence electrons. The molecule has 4 nitrogen and oxygen atoms in total. The van der Waals surface area contributed by atoms with Gasteiger partial charge in [0, 0.05) is 12.0 Å². The van der Waals surface area contributed by atoms with E-state index in [1.165, 1.54) is 0 Å². The highest BCUT2D eigenvalue weighted by atomic mass is 19.3. The minimum Gasteiger partial charge on any atom is -0.375 e. The molecule has 0 unspecified atom stereocenters. The van der Waals surface area contributed by atoms with Crippen LogP contribution in [-0.4, -0.2) is 29.6 Å². The third kappa shape index (κ3) is 4.22. The Morgan fingerprint density at radius 1 is 1.47 bits per heavy atom. The lowest BCUT2D eigenvalue weighted by Crippen LogP contribution is -2.19. The fraction of sp³-hybridized carbons (Fsp3) is 0.636. The van der Waals surface area contributed by atoms with Crippen LogP contribution in [0.2, 0.25) is 0 Å². The Bertz CT molecular complexity index is 418. The van der Waals surface area contributed by atoms with Crippen LogP contribution in [0.25, 0.3) is 0 Å². The quantitative estimate of drug-likeness (QED) is 0.773. The number of aromatic nitrogens is 2. The van der Waals surface area contributed by atoms with Gasteiger partial charge in [-0.05, 0) is 13.3 Å². The average Bonchev–Trinajstić information content (AvgIpc) is 2.28. The molecule has 1 N–H and O–H groups in total. The topological polar surface area (TPSA) is 55.0 Å². The Labute approximate surface area is 98.0 Å². The minimum atomic E-state index is -2.47. The molecule has 0 amide bonds. The lowest BCUT2D eigenvalue weighted by Gasteiger charge is -2.06. The zero-order valence-corrected chi connectivity index (χ0v) is 9.93. The number of H-pyrrole nitrogens is 1. The van der Waals surface area contributed by atoms with E-state index in [1.54, 1.807) is 6.92 Å². The molecule has 0 fully saturated rings. The van der Waals surface area contributed by atoms with Gasteiger partial charge >= 0.3 is 0 Å². The van der Waals surface area contributed by atoms with Gasteiger partial charge in [0.1, 0.15) is 12.4 Å². The summed E-state index contributed by atoms with van der Waals surface area (Å²) < 4.78 is 28.3. The number of nitrogens with zero attached hydrogens (tertiary/aromatic N) is 1. The van der Waals surface area contributed by atoms with Crippen molar-refractivity contribution in [3.8, 4) is 0 Å². The van der Waals surface area contributed by atoms with Crippen molar-refractivity contribution in [1.82, 2.24) is 9.97 Å². The summed E-state index contributed by atoms with van der Waals surface area (Å²) in [6, 6.07) is 0. The van der Waals surface area contributed by atoms with E-state index in [0.717, 1.165) is 5.69 Å². The third-order valence-corrected chi connectivity index (χ3v) is 2.36. The Morgan fingerprint density at radius 3 is 2.76 bits per heavy atom. The Kier molecular flexibility index (Phi) is 5.21. The fourth-order valence-electron chi connectivity index (χ4n) is 1.43. The summed E-state index contributed by atoms with van der Waals surface area (Å²) in [6.07, 6.45) is -1.47. The van der Waals surface area contributed by atoms with Gasteiger partial charge in [-0.3, -0.25) is 4.79 Å². The Balaban J connectivity index is 2.60. The van der Waals surface area contributed by atoms with E-state index in [2.05, 4.69) is 9.97 Å². The van der Waals surface area contributed by atoms with Crippen LogP contribution in [0.3, 0.4) is 0 Å². The normalized spacial score (nSPS) is 11.1. The second kappa shape index (κ2) is 6.44. The number of hydrogen-bond donors (Lipinski definition) is 1. The summed E-state index contributed by atoms with van der Waals surface area (Å²) in [5.74, 6) is 0.478. The molecule has 0 aliphatic carbocycles. The maximum absolute atomic E-state index is 11.8. The number of aromatic amines is 1. The molecule has 17 heavy (non-hydrogen) atoms. The van der Waals surface area contributed by atoms with Crippen molar-refractivity contribution in [3.63, 3.8) is 0 Å². The second-order valence-electron chi connectivity index (χ2n) is 3.65. The molecular weight excluding hydrogens is 230 g/mol. The van der Waals surface area contributed by atoms with Crippen LogP contribution in [0.4, 0.5) is 8.78 Å². The summed E-state index contributed by atoms with van der Waals surface area (Å²) in [5, 5.41) is 0. The number of halogens is 2. The number of nitrogens with one attached hydrogen (secondary N) is 1. The Morgan fingerprint density at radius 2 is 2.18 bits per heavy atom. The maximum atomic E-state index is 11.8. The van der Waals surface area contributed by atoms with E-state index >= 15 is 0 Å². The van der Waals surface area contributed by atoms with Crippen molar-refractivity contribution < 1.29 is 13.5 Å². The molecule has 0 aromatic carbocycles. The van der Waals surface area contributed by atoms with Gasteiger partial charge in [-0.15, -0.1) is 0 Å². The molecule has 1 heterocycles. The van der Waals surface area contributed by atoms with Crippen molar-refractivity contribution in [3.05, 3.63) is 27.4 Å². The van der Waals surface area contributed by atoms with Gasteiger partial charge in [-0.1, -0.05) is 6.92 Å². The first-order valence-electron chi connectivity index (χ1n) is 5.49. The molecule has 0 aliphatic heterocycles. The molecule has 0 bridgehead atoms. The van der Waals surface area contributed by atoms with Gasteiger partial charge in [-0.25, -0.2) is 13.8 Å². The summed E-state index contributed by atoms with van der Waals surface area (Å²) in [4.78, 5) is 18.4. The van der Waals surface area contributed by atoms with Crippen molar-refractivity contribution in [2.75, 3.05) is 13.2 Å². The SMILES string of the molecule is CCc1nc(CCOCC(F)F)[nH]c(=O)c1C. The second-order valence-corrected chi connectivity index (χ2v) is 3.65. The molecule has 0 spiro atoms. The predicted octanol–water partition coefficient (Wildman–Crippen LogP) is 1.46. The van der Waals surface area contributed by atoms with E-state index < -0.39 is 13.0 Å². The van der Waals surface area contributed by atoms with Gasteiger partial charge in [0.2, 0.25) is 0 Å². The number of rotatable bonds is 6. The molecule has 1 aromatic heterocycles. The van der Waals surface area contributed by atoms with Crippen LogP contribution >= 0.6 is 0 Å². The number of ether oxygens (including phenoxy) is 1. The molecule has 0 atom stereocenters. The lowest BCUT2D eigenvalue weighted by molar-refractivity contribution is 0.0182. The highest BCUT2D eigenvalue weighted by molar-refractivity contribution is 5.15. The first-order valence-corrected chi connectivity index (χ1v) is 5.49. The summed E-state index contributed by atoms with van der Waals surface area (Å²) in [6.45, 7) is 3.16. The van der Waals surface area contributed by atoms with Crippen LogP contribution < -0.4 is 5.56 Å². The van der Waals surface area contributed by atoms with E-state index in [-0.39, 0.29) is 12.2 Å². The van der Waals surface area contributed by atoms with Crippen molar-refractivity contribution in [2.45, 2.75) is 33.1 Å². The first kappa shape index (κ1) is 13.8. The zero-order chi connectivity index (χ0) is 12.8. The molecule has 1 aromatic rings. The molecule has 0 saturated carbocycles. The van der Waals surface area contributed by atoms with Crippen LogP contribution in [0.1, 0.15) is 24.0 Å². The number of alkyl halides is 2. The first-order chi connectivity index (χ1) is 8.04. The van der Waals surface area contributed by atoms with Gasteiger partial charge in [0.25, 0.3) is 12.0 Å². The van der Waals surface area contributed by atoms with Crippen LogP contribution in [-0.2, 0) is 17.6 Å². The van der Waals surface area contributed by atoms with E-state index in [4.69, 9.17) is 4.74 Å². The van der Waals surface area contributed by atoms with Gasteiger partial charge in [0.05, 0.1) is 12.3 Å². The van der Waals surface area contributed by atoms with E-state index in [0.29, 0.717) is 24.2 Å². The van der Waals surface area contributed by atoms with E-state index in [1.807, 2.05) is 6.92 Å². The Hall–Kier alpha value is -1.30. The lowest BCUT2D eigenvalue weighted by atomic mass is 10.2. The summed E-state index contributed by atoms with van der Waals surface area (Å²) in [7, 11) is 0. The van der Waals surface area contributed by atoms with Gasteiger partial charge in [-0.2, -0.15) is 0 Å². The molecule has 6 heteroatoms. The molecule has 0 radical (unpaired) electrons. The molecule has 0 saturated heterocycles. The number of hydrogen-bond acceptors (Lipinski definition) is 3. The van der Waals surface area contributed by atoms with Crippen molar-refractivity contribution in [2.24, 2.45) is 0 Å². The van der Waals surface area contributed by atoms with Crippen LogP contribution in [0.5, 0.6) is 0 Å². The molecule has 0 aliphatic rings. The highest BCUT2D eigenvalue weighted by Gasteiger charge is 2.06. The minimum absolute atomic E-state index is 0.124. The monoisotopic (exact) mass is 246 g/mol. The van der Waals surface area contributed by atoms with E-state index in [9.17, 15) is 13.6 Å². The number of aryl methyl sites for hydroxylation is 1.